The van der Waals surface area contributed by atoms with Gasteiger partial charge in [-0.05, 0) is 46.2 Å². The fourth-order valence-corrected chi connectivity index (χ4v) is 4.58. The molecule has 0 spiro atoms. The summed E-state index contributed by atoms with van der Waals surface area (Å²) in [7, 11) is -2.14. The first-order valence-corrected chi connectivity index (χ1v) is 10.8. The molecule has 0 bridgehead atoms. The van der Waals surface area contributed by atoms with E-state index in [4.69, 9.17) is 4.74 Å². The molecule has 0 aliphatic heterocycles. The van der Waals surface area contributed by atoms with E-state index in [0.717, 1.165) is 27.6 Å². The number of nitrogens with one attached hydrogen (secondary N) is 1. The molecule has 0 aliphatic rings. The second-order valence-corrected chi connectivity index (χ2v) is 8.46. The van der Waals surface area contributed by atoms with Crippen LogP contribution in [-0.2, 0) is 10.0 Å². The van der Waals surface area contributed by atoms with Crippen LogP contribution in [0.2, 0.25) is 0 Å². The number of benzene rings is 4. The number of hydrogen-bond donors (Lipinski definition) is 1. The van der Waals surface area contributed by atoms with Crippen molar-refractivity contribution in [2.45, 2.75) is 10.9 Å². The highest BCUT2D eigenvalue weighted by molar-refractivity contribution is 7.89. The van der Waals surface area contributed by atoms with Crippen LogP contribution in [0.25, 0.3) is 10.8 Å². The molecule has 0 amide bonds. The largest absolute Gasteiger partial charge is 0.497 e. The van der Waals surface area contributed by atoms with Crippen molar-refractivity contribution < 1.29 is 13.2 Å². The van der Waals surface area contributed by atoms with E-state index in [1.54, 1.807) is 19.2 Å². The van der Waals surface area contributed by atoms with Gasteiger partial charge in [-0.1, -0.05) is 72.8 Å². The molecule has 5 heteroatoms. The number of fused-ring (bicyclic) bond motifs is 1. The Balaban J connectivity index is 1.73. The number of sulfonamides is 1. The number of hydrogen-bond acceptors (Lipinski definition) is 3. The smallest absolute Gasteiger partial charge is 0.241 e. The normalized spacial score (nSPS) is 12.6. The highest BCUT2D eigenvalue weighted by Gasteiger charge is 2.23. The van der Waals surface area contributed by atoms with E-state index in [0.29, 0.717) is 0 Å². The van der Waals surface area contributed by atoms with Crippen molar-refractivity contribution in [1.29, 1.82) is 0 Å². The van der Waals surface area contributed by atoms with Crippen molar-refractivity contribution in [3.8, 4) is 5.75 Å². The van der Waals surface area contributed by atoms with E-state index >= 15 is 0 Å². The van der Waals surface area contributed by atoms with Crippen molar-refractivity contribution in [2.24, 2.45) is 0 Å². The maximum absolute atomic E-state index is 13.2. The molecular weight excluding hydrogens is 382 g/mol. The molecule has 0 heterocycles. The monoisotopic (exact) mass is 403 g/mol. The predicted octanol–water partition coefficient (Wildman–Crippen LogP) is 4.92. The molecule has 4 aromatic carbocycles. The number of methoxy groups -OCH3 is 1. The lowest BCUT2D eigenvalue weighted by Gasteiger charge is -2.20. The Labute approximate surface area is 170 Å². The molecule has 0 fully saturated rings. The molecule has 146 valence electrons. The molecule has 0 aliphatic carbocycles. The predicted molar refractivity (Wildman–Crippen MR) is 116 cm³/mol. The maximum Gasteiger partial charge on any atom is 0.241 e. The van der Waals surface area contributed by atoms with Crippen LogP contribution in [0.3, 0.4) is 0 Å². The summed E-state index contributed by atoms with van der Waals surface area (Å²) in [6, 6.07) is 29.3. The zero-order valence-electron chi connectivity index (χ0n) is 15.9. The molecule has 1 N–H and O–H groups in total. The van der Waals surface area contributed by atoms with Crippen LogP contribution in [0.5, 0.6) is 5.75 Å². The maximum atomic E-state index is 13.2. The zero-order valence-corrected chi connectivity index (χ0v) is 16.8. The van der Waals surface area contributed by atoms with Crippen LogP contribution in [0.1, 0.15) is 17.2 Å². The molecule has 4 rings (SSSR count). The van der Waals surface area contributed by atoms with Crippen LogP contribution < -0.4 is 9.46 Å². The minimum atomic E-state index is -3.74. The first kappa shape index (κ1) is 19.2. The third-order valence-electron chi connectivity index (χ3n) is 4.89. The lowest BCUT2D eigenvalue weighted by atomic mass is 10.00. The molecule has 1 atom stereocenters. The van der Waals surface area contributed by atoms with Crippen molar-refractivity contribution in [3.63, 3.8) is 0 Å². The molecule has 4 nitrogen and oxygen atoms in total. The van der Waals surface area contributed by atoms with E-state index < -0.39 is 16.1 Å². The summed E-state index contributed by atoms with van der Waals surface area (Å²) in [5.41, 5.74) is 1.70. The molecular formula is C24H21NO3S. The van der Waals surface area contributed by atoms with E-state index in [2.05, 4.69) is 4.72 Å². The van der Waals surface area contributed by atoms with E-state index in [1.807, 2.05) is 84.9 Å². The summed E-state index contributed by atoms with van der Waals surface area (Å²) in [5.74, 6) is 0.720. The van der Waals surface area contributed by atoms with Gasteiger partial charge in [-0.2, -0.15) is 4.72 Å². The molecule has 1 unspecified atom stereocenters. The van der Waals surface area contributed by atoms with Gasteiger partial charge in [0.2, 0.25) is 10.0 Å². The minimum Gasteiger partial charge on any atom is -0.497 e. The number of rotatable bonds is 6. The second-order valence-electron chi connectivity index (χ2n) is 6.75. The van der Waals surface area contributed by atoms with E-state index in [9.17, 15) is 8.42 Å². The van der Waals surface area contributed by atoms with Crippen LogP contribution in [0.4, 0.5) is 0 Å². The Morgan fingerprint density at radius 2 is 1.34 bits per heavy atom. The average Bonchev–Trinajstić information content (AvgIpc) is 2.78. The van der Waals surface area contributed by atoms with Gasteiger partial charge in [0, 0.05) is 0 Å². The van der Waals surface area contributed by atoms with Gasteiger partial charge in [0.25, 0.3) is 0 Å². The van der Waals surface area contributed by atoms with Gasteiger partial charge >= 0.3 is 0 Å². The summed E-state index contributed by atoms with van der Waals surface area (Å²) in [4.78, 5) is 0.241. The van der Waals surface area contributed by atoms with Gasteiger partial charge in [-0.25, -0.2) is 8.42 Å². The fourth-order valence-electron chi connectivity index (χ4n) is 3.33. The quantitative estimate of drug-likeness (QED) is 0.497. The highest BCUT2D eigenvalue weighted by atomic mass is 32.2. The summed E-state index contributed by atoms with van der Waals surface area (Å²) in [5, 5.41) is 1.89. The van der Waals surface area contributed by atoms with Gasteiger partial charge in [0.1, 0.15) is 5.75 Å². The Morgan fingerprint density at radius 3 is 2.03 bits per heavy atom. The first-order valence-electron chi connectivity index (χ1n) is 9.27. The van der Waals surface area contributed by atoms with Gasteiger partial charge in [-0.15, -0.1) is 0 Å². The van der Waals surface area contributed by atoms with Crippen LogP contribution >= 0.6 is 0 Å². The summed E-state index contributed by atoms with van der Waals surface area (Å²) in [6.07, 6.45) is 0. The summed E-state index contributed by atoms with van der Waals surface area (Å²) >= 11 is 0. The lowest BCUT2D eigenvalue weighted by Crippen LogP contribution is -2.29. The Morgan fingerprint density at radius 1 is 0.724 bits per heavy atom. The first-order chi connectivity index (χ1) is 14.1. The average molecular weight is 404 g/mol. The van der Waals surface area contributed by atoms with Gasteiger partial charge in [0.05, 0.1) is 18.0 Å². The zero-order chi connectivity index (χ0) is 20.3. The molecule has 0 saturated heterocycles. The van der Waals surface area contributed by atoms with Crippen molar-refractivity contribution >= 4 is 20.8 Å². The molecule has 4 aromatic rings. The standard InChI is InChI=1S/C24H21NO3S/c1-28-22-14-11-20(12-15-22)24(19-8-3-2-4-9-19)25-29(26,27)23-16-13-18-7-5-6-10-21(18)17-23/h2-17,24-25H,1H3. The number of ether oxygens (including phenoxy) is 1. The third-order valence-corrected chi connectivity index (χ3v) is 6.31. The third kappa shape index (κ3) is 4.16. The Kier molecular flexibility index (Phi) is 5.34. The lowest BCUT2D eigenvalue weighted by molar-refractivity contribution is 0.414. The van der Waals surface area contributed by atoms with E-state index in [-0.39, 0.29) is 4.90 Å². The van der Waals surface area contributed by atoms with Crippen molar-refractivity contribution in [2.75, 3.05) is 7.11 Å². The summed E-state index contributed by atoms with van der Waals surface area (Å²) < 4.78 is 34.5. The molecule has 0 saturated carbocycles. The van der Waals surface area contributed by atoms with Crippen LogP contribution in [-0.4, -0.2) is 15.5 Å². The fraction of sp³-hybridized carbons (Fsp3) is 0.0833. The second kappa shape index (κ2) is 8.07. The topological polar surface area (TPSA) is 55.4 Å². The molecule has 29 heavy (non-hydrogen) atoms. The van der Waals surface area contributed by atoms with Crippen molar-refractivity contribution in [3.05, 3.63) is 108 Å². The Bertz CT molecular complexity index is 1220. The van der Waals surface area contributed by atoms with Crippen LogP contribution in [0.15, 0.2) is 102 Å². The van der Waals surface area contributed by atoms with Crippen molar-refractivity contribution in [1.82, 2.24) is 4.72 Å². The highest BCUT2D eigenvalue weighted by Crippen LogP contribution is 2.27. The van der Waals surface area contributed by atoms with Crippen LogP contribution in [0, 0.1) is 0 Å². The molecule has 0 radical (unpaired) electrons. The van der Waals surface area contributed by atoms with Gasteiger partial charge in [-0.3, -0.25) is 0 Å². The van der Waals surface area contributed by atoms with Gasteiger partial charge in [0.15, 0.2) is 0 Å². The summed E-state index contributed by atoms with van der Waals surface area (Å²) in [6.45, 7) is 0. The SMILES string of the molecule is COc1ccc(C(NS(=O)(=O)c2ccc3ccccc3c2)c2ccccc2)cc1. The molecule has 0 aromatic heterocycles. The Hall–Kier alpha value is -3.15. The minimum absolute atomic E-state index is 0.241. The van der Waals surface area contributed by atoms with Gasteiger partial charge < -0.3 is 4.74 Å². The van der Waals surface area contributed by atoms with E-state index in [1.165, 1.54) is 0 Å².